The van der Waals surface area contributed by atoms with Gasteiger partial charge in [0.1, 0.15) is 5.82 Å². The van der Waals surface area contributed by atoms with Crippen molar-refractivity contribution in [2.75, 3.05) is 17.6 Å². The Labute approximate surface area is 97.7 Å². The van der Waals surface area contributed by atoms with Crippen LogP contribution in [0.1, 0.15) is 33.3 Å². The molecule has 3 N–H and O–H groups in total. The van der Waals surface area contributed by atoms with Crippen LogP contribution >= 0.6 is 0 Å². The van der Waals surface area contributed by atoms with Gasteiger partial charge in [-0.15, -0.1) is 0 Å². The van der Waals surface area contributed by atoms with Gasteiger partial charge in [0.05, 0.1) is 0 Å². The van der Waals surface area contributed by atoms with Crippen LogP contribution in [0.25, 0.3) is 0 Å². The number of nitrogen functional groups attached to an aromatic ring is 1. The van der Waals surface area contributed by atoms with Gasteiger partial charge in [0.25, 0.3) is 0 Å². The van der Waals surface area contributed by atoms with Gasteiger partial charge in [0, 0.05) is 18.3 Å². The number of hydrogen-bond acceptors (Lipinski definition) is 4. The molecular weight excluding hydrogens is 200 g/mol. The largest absolute Gasteiger partial charge is 0.369 e. The Bertz CT molecular complexity index is 358. The highest BCUT2D eigenvalue weighted by Crippen LogP contribution is 2.26. The maximum atomic E-state index is 5.56. The average molecular weight is 222 g/mol. The molecule has 4 heteroatoms. The number of nitrogens with zero attached hydrogens (tertiary/aromatic N) is 2. The van der Waals surface area contributed by atoms with Crippen LogP contribution < -0.4 is 11.1 Å². The lowest BCUT2D eigenvalue weighted by molar-refractivity contribution is 0.269. The fourth-order valence-electron chi connectivity index (χ4n) is 1.15. The van der Waals surface area contributed by atoms with E-state index in [1.165, 1.54) is 0 Å². The molecule has 1 aromatic heterocycles. The molecular formula is C12H22N4. The molecule has 16 heavy (non-hydrogen) atoms. The molecule has 4 nitrogen and oxygen atoms in total. The van der Waals surface area contributed by atoms with Gasteiger partial charge in [-0.3, -0.25) is 0 Å². The van der Waals surface area contributed by atoms with E-state index in [0.717, 1.165) is 17.9 Å². The Morgan fingerprint density at radius 1 is 1.44 bits per heavy atom. The topological polar surface area (TPSA) is 63.8 Å². The molecule has 0 bridgehead atoms. The van der Waals surface area contributed by atoms with Crippen LogP contribution in [0.5, 0.6) is 0 Å². The summed E-state index contributed by atoms with van der Waals surface area (Å²) >= 11 is 0. The van der Waals surface area contributed by atoms with E-state index in [2.05, 4.69) is 43.0 Å². The predicted molar refractivity (Wildman–Crippen MR) is 68.3 cm³/mol. The summed E-state index contributed by atoms with van der Waals surface area (Å²) in [5.74, 6) is 1.76. The second-order valence-electron chi connectivity index (χ2n) is 5.26. The van der Waals surface area contributed by atoms with Crippen molar-refractivity contribution in [1.82, 2.24) is 9.97 Å². The van der Waals surface area contributed by atoms with Crippen LogP contribution in [0.15, 0.2) is 6.20 Å². The lowest BCUT2D eigenvalue weighted by Gasteiger charge is -2.29. The zero-order valence-electron chi connectivity index (χ0n) is 10.8. The molecule has 0 fully saturated rings. The standard InChI is InChI=1S/C12H22N4/c1-8(2)12(4,5)7-15-10-9(3)6-14-11(13)16-10/h6,8H,7H2,1-5H3,(H3,13,14,15,16). The molecule has 1 heterocycles. The Hall–Kier alpha value is -1.32. The molecule has 0 aromatic carbocycles. The fourth-order valence-corrected chi connectivity index (χ4v) is 1.15. The molecule has 0 aliphatic rings. The van der Waals surface area contributed by atoms with Gasteiger partial charge >= 0.3 is 0 Å². The summed E-state index contributed by atoms with van der Waals surface area (Å²) in [6.07, 6.45) is 1.74. The number of nitrogens with two attached hydrogens (primary N) is 1. The number of rotatable bonds is 4. The van der Waals surface area contributed by atoms with Crippen molar-refractivity contribution in [3.63, 3.8) is 0 Å². The average Bonchev–Trinajstić information content (AvgIpc) is 2.19. The molecule has 0 aliphatic heterocycles. The molecule has 0 aliphatic carbocycles. The molecule has 0 amide bonds. The van der Waals surface area contributed by atoms with Gasteiger partial charge in [-0.1, -0.05) is 27.7 Å². The second kappa shape index (κ2) is 4.68. The SMILES string of the molecule is Cc1cnc(N)nc1NCC(C)(C)C(C)C. The van der Waals surface area contributed by atoms with Crippen LogP contribution in [-0.2, 0) is 0 Å². The predicted octanol–water partition coefficient (Wildman–Crippen LogP) is 2.46. The van der Waals surface area contributed by atoms with E-state index in [1.54, 1.807) is 6.20 Å². The van der Waals surface area contributed by atoms with Crippen molar-refractivity contribution in [2.45, 2.75) is 34.6 Å². The van der Waals surface area contributed by atoms with Crippen molar-refractivity contribution in [3.05, 3.63) is 11.8 Å². The van der Waals surface area contributed by atoms with E-state index >= 15 is 0 Å². The molecule has 0 saturated carbocycles. The lowest BCUT2D eigenvalue weighted by Crippen LogP contribution is -2.29. The minimum Gasteiger partial charge on any atom is -0.369 e. The molecule has 0 spiro atoms. The zero-order chi connectivity index (χ0) is 12.3. The fraction of sp³-hybridized carbons (Fsp3) is 0.667. The highest BCUT2D eigenvalue weighted by molar-refractivity contribution is 5.45. The van der Waals surface area contributed by atoms with Crippen LogP contribution in [0.2, 0.25) is 0 Å². The Morgan fingerprint density at radius 2 is 2.06 bits per heavy atom. The maximum absolute atomic E-state index is 5.56. The third-order valence-electron chi connectivity index (χ3n) is 3.26. The van der Waals surface area contributed by atoms with E-state index in [9.17, 15) is 0 Å². The van der Waals surface area contributed by atoms with Crippen molar-refractivity contribution in [1.29, 1.82) is 0 Å². The summed E-state index contributed by atoms with van der Waals surface area (Å²) in [4.78, 5) is 8.14. The van der Waals surface area contributed by atoms with E-state index in [-0.39, 0.29) is 5.41 Å². The number of anilines is 2. The minimum absolute atomic E-state index is 0.228. The third-order valence-corrected chi connectivity index (χ3v) is 3.26. The Morgan fingerprint density at radius 3 is 2.62 bits per heavy atom. The number of aromatic nitrogens is 2. The van der Waals surface area contributed by atoms with Gasteiger partial charge in [-0.05, 0) is 18.3 Å². The van der Waals surface area contributed by atoms with Crippen LogP contribution in [0.3, 0.4) is 0 Å². The Kier molecular flexibility index (Phi) is 3.73. The van der Waals surface area contributed by atoms with E-state index in [4.69, 9.17) is 5.73 Å². The zero-order valence-corrected chi connectivity index (χ0v) is 10.8. The highest BCUT2D eigenvalue weighted by Gasteiger charge is 2.22. The summed E-state index contributed by atoms with van der Waals surface area (Å²) in [6, 6.07) is 0. The molecule has 0 unspecified atom stereocenters. The summed E-state index contributed by atoms with van der Waals surface area (Å²) in [5, 5.41) is 3.34. The van der Waals surface area contributed by atoms with Crippen LogP contribution in [0, 0.1) is 18.3 Å². The van der Waals surface area contributed by atoms with Crippen molar-refractivity contribution >= 4 is 11.8 Å². The maximum Gasteiger partial charge on any atom is 0.221 e. The summed E-state index contributed by atoms with van der Waals surface area (Å²) in [5.41, 5.74) is 6.81. The van der Waals surface area contributed by atoms with Gasteiger partial charge in [-0.25, -0.2) is 4.98 Å². The molecule has 0 saturated heterocycles. The van der Waals surface area contributed by atoms with E-state index < -0.39 is 0 Å². The summed E-state index contributed by atoms with van der Waals surface area (Å²) in [7, 11) is 0. The summed E-state index contributed by atoms with van der Waals surface area (Å²) in [6.45, 7) is 11.8. The molecule has 90 valence electrons. The first kappa shape index (κ1) is 12.7. The first-order valence-electron chi connectivity index (χ1n) is 5.66. The molecule has 0 radical (unpaired) electrons. The van der Waals surface area contributed by atoms with E-state index in [1.807, 2.05) is 6.92 Å². The van der Waals surface area contributed by atoms with Crippen molar-refractivity contribution in [3.8, 4) is 0 Å². The van der Waals surface area contributed by atoms with Crippen molar-refractivity contribution < 1.29 is 0 Å². The molecule has 0 atom stereocenters. The highest BCUT2D eigenvalue weighted by atomic mass is 15.1. The van der Waals surface area contributed by atoms with Gasteiger partial charge in [0.15, 0.2) is 0 Å². The molecule has 1 rings (SSSR count). The van der Waals surface area contributed by atoms with Gasteiger partial charge < -0.3 is 11.1 Å². The Balaban J connectivity index is 2.71. The normalized spacial score (nSPS) is 11.9. The summed E-state index contributed by atoms with van der Waals surface area (Å²) < 4.78 is 0. The third kappa shape index (κ3) is 3.08. The van der Waals surface area contributed by atoms with Gasteiger partial charge in [0.2, 0.25) is 5.95 Å². The first-order chi connectivity index (χ1) is 7.33. The van der Waals surface area contributed by atoms with E-state index in [0.29, 0.717) is 11.9 Å². The first-order valence-corrected chi connectivity index (χ1v) is 5.66. The van der Waals surface area contributed by atoms with Crippen LogP contribution in [-0.4, -0.2) is 16.5 Å². The monoisotopic (exact) mass is 222 g/mol. The smallest absolute Gasteiger partial charge is 0.221 e. The minimum atomic E-state index is 0.228. The van der Waals surface area contributed by atoms with Gasteiger partial charge in [-0.2, -0.15) is 4.98 Å². The number of aryl methyl sites for hydroxylation is 1. The second-order valence-corrected chi connectivity index (χ2v) is 5.26. The number of hydrogen-bond donors (Lipinski definition) is 2. The molecule has 1 aromatic rings. The quantitative estimate of drug-likeness (QED) is 0.821. The number of nitrogens with one attached hydrogen (secondary N) is 1. The van der Waals surface area contributed by atoms with Crippen molar-refractivity contribution in [2.24, 2.45) is 11.3 Å². The lowest BCUT2D eigenvalue weighted by atomic mass is 9.81. The van der Waals surface area contributed by atoms with Crippen LogP contribution in [0.4, 0.5) is 11.8 Å².